The molecule has 9 nitrogen and oxygen atoms in total. The third-order valence-corrected chi connectivity index (χ3v) is 4.46. The smallest absolute Gasteiger partial charge is 0.390 e. The molecule has 0 fully saturated rings. The SMILES string of the molecule is Cc1ccc(CCn2nc(Cn3cnc4ncn(C)c4c3=O)oc2=O)c(F)c1. The quantitative estimate of drug-likeness (QED) is 0.509. The normalized spacial score (nSPS) is 11.4. The van der Waals surface area contributed by atoms with Gasteiger partial charge in [-0.05, 0) is 30.5 Å². The Labute approximate surface area is 157 Å². The van der Waals surface area contributed by atoms with E-state index >= 15 is 0 Å². The molecular weight excluding hydrogens is 367 g/mol. The molecule has 0 aliphatic rings. The van der Waals surface area contributed by atoms with Crippen molar-refractivity contribution in [3.63, 3.8) is 0 Å². The lowest BCUT2D eigenvalue weighted by atomic mass is 10.1. The van der Waals surface area contributed by atoms with E-state index in [1.54, 1.807) is 24.6 Å². The topological polar surface area (TPSA) is 101 Å². The summed E-state index contributed by atoms with van der Waals surface area (Å²) < 4.78 is 23.1. The van der Waals surface area contributed by atoms with Crippen molar-refractivity contribution in [2.45, 2.75) is 26.4 Å². The van der Waals surface area contributed by atoms with Gasteiger partial charge in [0.2, 0.25) is 5.89 Å². The van der Waals surface area contributed by atoms with Gasteiger partial charge in [-0.15, -0.1) is 5.10 Å². The van der Waals surface area contributed by atoms with Gasteiger partial charge in [0.25, 0.3) is 5.56 Å². The molecule has 0 bridgehead atoms. The van der Waals surface area contributed by atoms with Gasteiger partial charge >= 0.3 is 5.76 Å². The van der Waals surface area contributed by atoms with Crippen molar-refractivity contribution in [2.24, 2.45) is 7.05 Å². The average Bonchev–Trinajstić information content (AvgIpc) is 3.19. The van der Waals surface area contributed by atoms with Gasteiger partial charge in [0.15, 0.2) is 11.2 Å². The van der Waals surface area contributed by atoms with E-state index in [0.29, 0.717) is 23.1 Å². The number of aryl methyl sites for hydroxylation is 4. The van der Waals surface area contributed by atoms with Crippen molar-refractivity contribution in [3.8, 4) is 0 Å². The number of imidazole rings is 1. The number of nitrogens with zero attached hydrogens (tertiary/aromatic N) is 6. The van der Waals surface area contributed by atoms with Gasteiger partial charge < -0.3 is 8.98 Å². The van der Waals surface area contributed by atoms with Crippen LogP contribution in [0.5, 0.6) is 0 Å². The van der Waals surface area contributed by atoms with E-state index in [-0.39, 0.29) is 30.4 Å². The van der Waals surface area contributed by atoms with Gasteiger partial charge in [0.05, 0.1) is 12.9 Å². The molecule has 0 saturated carbocycles. The summed E-state index contributed by atoms with van der Waals surface area (Å²) in [4.78, 5) is 32.7. The van der Waals surface area contributed by atoms with Crippen molar-refractivity contribution < 1.29 is 8.81 Å². The fourth-order valence-corrected chi connectivity index (χ4v) is 2.97. The zero-order valence-corrected chi connectivity index (χ0v) is 15.3. The Morgan fingerprint density at radius 2 is 1.96 bits per heavy atom. The monoisotopic (exact) mass is 384 g/mol. The average molecular weight is 384 g/mol. The summed E-state index contributed by atoms with van der Waals surface area (Å²) in [6.45, 7) is 1.92. The highest BCUT2D eigenvalue weighted by molar-refractivity contribution is 5.68. The first-order valence-electron chi connectivity index (χ1n) is 8.60. The molecule has 3 heterocycles. The van der Waals surface area contributed by atoms with Gasteiger partial charge in [-0.1, -0.05) is 12.1 Å². The number of benzene rings is 1. The Hall–Kier alpha value is -3.56. The minimum absolute atomic E-state index is 0.0475. The molecule has 0 aliphatic carbocycles. The number of rotatable bonds is 5. The Morgan fingerprint density at radius 1 is 1.18 bits per heavy atom. The van der Waals surface area contributed by atoms with E-state index in [0.717, 1.165) is 10.2 Å². The molecule has 10 heteroatoms. The van der Waals surface area contributed by atoms with Crippen molar-refractivity contribution >= 4 is 11.2 Å². The van der Waals surface area contributed by atoms with Gasteiger partial charge in [-0.25, -0.2) is 19.2 Å². The summed E-state index contributed by atoms with van der Waals surface area (Å²) in [5.41, 5.74) is 1.69. The van der Waals surface area contributed by atoms with Crippen LogP contribution in [0.3, 0.4) is 0 Å². The Kier molecular flexibility index (Phi) is 4.38. The largest absolute Gasteiger partial charge is 0.437 e. The van der Waals surface area contributed by atoms with Crippen molar-refractivity contribution in [3.05, 3.63) is 74.6 Å². The maximum absolute atomic E-state index is 13.9. The molecule has 0 atom stereocenters. The first-order chi connectivity index (χ1) is 13.4. The van der Waals surface area contributed by atoms with E-state index < -0.39 is 5.76 Å². The maximum atomic E-state index is 13.9. The van der Waals surface area contributed by atoms with E-state index in [2.05, 4.69) is 15.1 Å². The van der Waals surface area contributed by atoms with Crippen LogP contribution in [0, 0.1) is 12.7 Å². The second kappa shape index (κ2) is 6.87. The van der Waals surface area contributed by atoms with E-state index in [1.165, 1.54) is 23.3 Å². The second-order valence-corrected chi connectivity index (χ2v) is 6.54. The van der Waals surface area contributed by atoms with E-state index in [9.17, 15) is 14.0 Å². The van der Waals surface area contributed by atoms with Crippen LogP contribution in [0.4, 0.5) is 4.39 Å². The molecule has 3 aromatic heterocycles. The minimum Gasteiger partial charge on any atom is -0.390 e. The molecule has 0 spiro atoms. The van der Waals surface area contributed by atoms with Crippen molar-refractivity contribution in [1.82, 2.24) is 28.9 Å². The van der Waals surface area contributed by atoms with E-state index in [4.69, 9.17) is 4.42 Å². The van der Waals surface area contributed by atoms with Crippen LogP contribution in [0.1, 0.15) is 17.0 Å². The lowest BCUT2D eigenvalue weighted by Crippen LogP contribution is -2.22. The Balaban J connectivity index is 1.55. The molecule has 1 aromatic carbocycles. The zero-order chi connectivity index (χ0) is 19.8. The molecule has 28 heavy (non-hydrogen) atoms. The highest BCUT2D eigenvalue weighted by Crippen LogP contribution is 2.11. The molecule has 0 amide bonds. The first kappa shape index (κ1) is 17.8. The standard InChI is InChI=1S/C18H17FN6O3/c1-11-3-4-12(13(19)7-11)5-6-25-18(27)28-14(22-25)8-24-10-21-16-15(17(24)26)23(2)9-20-16/h3-4,7,9-10H,5-6,8H2,1-2H3. The third kappa shape index (κ3) is 3.24. The van der Waals surface area contributed by atoms with Crippen LogP contribution < -0.4 is 11.3 Å². The fourth-order valence-electron chi connectivity index (χ4n) is 2.97. The Bertz CT molecular complexity index is 1280. The van der Waals surface area contributed by atoms with Gasteiger partial charge in [0.1, 0.15) is 18.7 Å². The summed E-state index contributed by atoms with van der Waals surface area (Å²) in [6, 6.07) is 4.94. The van der Waals surface area contributed by atoms with Gasteiger partial charge in [-0.2, -0.15) is 4.68 Å². The fraction of sp³-hybridized carbons (Fsp3) is 0.278. The van der Waals surface area contributed by atoms with Crippen molar-refractivity contribution in [1.29, 1.82) is 0 Å². The molecule has 4 aromatic rings. The van der Waals surface area contributed by atoms with E-state index in [1.807, 2.05) is 6.07 Å². The summed E-state index contributed by atoms with van der Waals surface area (Å²) in [6.07, 6.45) is 3.13. The number of hydrogen-bond acceptors (Lipinski definition) is 6. The predicted molar refractivity (Wildman–Crippen MR) is 97.5 cm³/mol. The Morgan fingerprint density at radius 3 is 2.75 bits per heavy atom. The molecule has 0 aliphatic heterocycles. The third-order valence-electron chi connectivity index (χ3n) is 4.46. The minimum atomic E-state index is -0.662. The number of aromatic nitrogens is 6. The van der Waals surface area contributed by atoms with Gasteiger partial charge in [-0.3, -0.25) is 9.36 Å². The molecule has 0 saturated heterocycles. The molecule has 0 N–H and O–H groups in total. The highest BCUT2D eigenvalue weighted by atomic mass is 19.1. The van der Waals surface area contributed by atoms with Crippen LogP contribution in [-0.4, -0.2) is 28.9 Å². The summed E-state index contributed by atoms with van der Waals surface area (Å²) in [7, 11) is 1.70. The van der Waals surface area contributed by atoms with Crippen LogP contribution in [0.15, 0.2) is 44.9 Å². The van der Waals surface area contributed by atoms with Crippen LogP contribution in [-0.2, 0) is 26.6 Å². The predicted octanol–water partition coefficient (Wildman–Crippen LogP) is 1.02. The zero-order valence-electron chi connectivity index (χ0n) is 15.3. The lowest BCUT2D eigenvalue weighted by Gasteiger charge is -2.03. The van der Waals surface area contributed by atoms with Crippen molar-refractivity contribution in [2.75, 3.05) is 0 Å². The molecule has 0 radical (unpaired) electrons. The van der Waals surface area contributed by atoms with Crippen LogP contribution in [0.2, 0.25) is 0 Å². The molecule has 144 valence electrons. The lowest BCUT2D eigenvalue weighted by molar-refractivity contribution is 0.433. The summed E-state index contributed by atoms with van der Waals surface area (Å²) >= 11 is 0. The van der Waals surface area contributed by atoms with Gasteiger partial charge in [0, 0.05) is 7.05 Å². The second-order valence-electron chi connectivity index (χ2n) is 6.54. The van der Waals surface area contributed by atoms with Crippen LogP contribution >= 0.6 is 0 Å². The number of halogens is 1. The molecule has 0 unspecified atom stereocenters. The maximum Gasteiger partial charge on any atom is 0.437 e. The number of hydrogen-bond donors (Lipinski definition) is 0. The summed E-state index contributed by atoms with van der Waals surface area (Å²) in [5.74, 6) is -0.913. The number of fused-ring (bicyclic) bond motifs is 1. The molecular formula is C18H17FN6O3. The van der Waals surface area contributed by atoms with Crippen LogP contribution in [0.25, 0.3) is 11.2 Å². The highest BCUT2D eigenvalue weighted by Gasteiger charge is 2.14. The molecule has 4 rings (SSSR count). The summed E-state index contributed by atoms with van der Waals surface area (Å²) in [5, 5.41) is 4.10. The first-order valence-corrected chi connectivity index (χ1v) is 8.60.